The predicted octanol–water partition coefficient (Wildman–Crippen LogP) is 12.8. The summed E-state index contributed by atoms with van der Waals surface area (Å²) in [5.74, 6) is 0.716. The van der Waals surface area contributed by atoms with Gasteiger partial charge in [-0.15, -0.1) is 0 Å². The van der Waals surface area contributed by atoms with E-state index >= 15 is 0 Å². The Morgan fingerprint density at radius 3 is 1.25 bits per heavy atom. The van der Waals surface area contributed by atoms with Crippen molar-refractivity contribution in [3.63, 3.8) is 0 Å². The maximum absolute atomic E-state index is 5.05. The third kappa shape index (κ3) is 5.65. The third-order valence-electron chi connectivity index (χ3n) is 10.4. The lowest BCUT2D eigenvalue weighted by atomic mass is 9.81. The van der Waals surface area contributed by atoms with E-state index in [1.807, 2.05) is 24.3 Å². The standard InChI is InChI=1S/C49H36N2/c1-49(2)44-16-10-9-15-42(44)43-30-29-41(31-45(43)49)37-19-17-35(18-20-37)36-23-27-39(28-24-36)47-32-46(50-48(51-47)40-13-7-4-8-14-40)38-25-21-34(22-26-38)33-11-5-3-6-12-33/h3-32H,1-2H3. The number of hydrogen-bond donors (Lipinski definition) is 0. The highest BCUT2D eigenvalue weighted by Gasteiger charge is 2.35. The molecule has 1 aliphatic rings. The molecule has 2 heteroatoms. The molecule has 0 atom stereocenters. The molecule has 51 heavy (non-hydrogen) atoms. The summed E-state index contributed by atoms with van der Waals surface area (Å²) < 4.78 is 0. The van der Waals surface area contributed by atoms with Crippen LogP contribution in [0.2, 0.25) is 0 Å². The highest BCUT2D eigenvalue weighted by Crippen LogP contribution is 2.49. The topological polar surface area (TPSA) is 25.8 Å². The second kappa shape index (κ2) is 12.5. The van der Waals surface area contributed by atoms with Gasteiger partial charge in [0.15, 0.2) is 5.82 Å². The fourth-order valence-electron chi connectivity index (χ4n) is 7.50. The van der Waals surface area contributed by atoms with E-state index < -0.39 is 0 Å². The lowest BCUT2D eigenvalue weighted by Gasteiger charge is -2.22. The van der Waals surface area contributed by atoms with Crippen molar-refractivity contribution in [2.45, 2.75) is 19.3 Å². The van der Waals surface area contributed by atoms with Crippen molar-refractivity contribution in [2.24, 2.45) is 0 Å². The van der Waals surface area contributed by atoms with Crippen molar-refractivity contribution in [1.82, 2.24) is 9.97 Å². The Bertz CT molecular complexity index is 2500. The summed E-state index contributed by atoms with van der Waals surface area (Å²) in [5, 5.41) is 0. The van der Waals surface area contributed by atoms with Crippen LogP contribution in [0.1, 0.15) is 25.0 Å². The van der Waals surface area contributed by atoms with Crippen LogP contribution in [0.4, 0.5) is 0 Å². The smallest absolute Gasteiger partial charge is 0.160 e. The van der Waals surface area contributed by atoms with E-state index in [2.05, 4.69) is 172 Å². The highest BCUT2D eigenvalue weighted by atomic mass is 14.9. The first-order valence-electron chi connectivity index (χ1n) is 17.6. The molecule has 0 N–H and O–H groups in total. The molecule has 0 saturated heterocycles. The predicted molar refractivity (Wildman–Crippen MR) is 212 cm³/mol. The highest BCUT2D eigenvalue weighted by molar-refractivity contribution is 5.84. The van der Waals surface area contributed by atoms with E-state index in [1.54, 1.807) is 0 Å². The fourth-order valence-corrected chi connectivity index (χ4v) is 7.50. The van der Waals surface area contributed by atoms with Gasteiger partial charge in [0.25, 0.3) is 0 Å². The molecule has 0 bridgehead atoms. The second-order valence-electron chi connectivity index (χ2n) is 13.9. The quantitative estimate of drug-likeness (QED) is 0.179. The minimum absolute atomic E-state index is 0.0110. The molecule has 0 saturated carbocycles. The summed E-state index contributed by atoms with van der Waals surface area (Å²) in [6.45, 7) is 4.67. The first kappa shape index (κ1) is 30.7. The first-order chi connectivity index (χ1) is 25.0. The molecule has 0 radical (unpaired) electrons. The number of nitrogens with zero attached hydrogens (tertiary/aromatic N) is 2. The van der Waals surface area contributed by atoms with Gasteiger partial charge >= 0.3 is 0 Å². The molecule has 0 spiro atoms. The van der Waals surface area contributed by atoms with Crippen LogP contribution in [0.5, 0.6) is 0 Å². The van der Waals surface area contributed by atoms with Gasteiger partial charge in [-0.25, -0.2) is 9.97 Å². The zero-order valence-electron chi connectivity index (χ0n) is 28.7. The van der Waals surface area contributed by atoms with Crippen molar-refractivity contribution in [1.29, 1.82) is 0 Å². The Balaban J connectivity index is 1.01. The molecule has 7 aromatic carbocycles. The normalized spacial score (nSPS) is 12.7. The molecular formula is C49H36N2. The van der Waals surface area contributed by atoms with Gasteiger partial charge in [-0.1, -0.05) is 184 Å². The molecule has 8 aromatic rings. The molecule has 2 nitrogen and oxygen atoms in total. The largest absolute Gasteiger partial charge is 0.228 e. The molecule has 1 heterocycles. The van der Waals surface area contributed by atoms with E-state index in [-0.39, 0.29) is 5.41 Å². The van der Waals surface area contributed by atoms with Crippen molar-refractivity contribution < 1.29 is 0 Å². The SMILES string of the molecule is CC1(C)c2ccccc2-c2ccc(-c3ccc(-c4ccc(-c5cc(-c6ccc(-c7ccccc7)cc6)nc(-c6ccccc6)n5)cc4)cc3)cc21. The van der Waals surface area contributed by atoms with Gasteiger partial charge in [0.2, 0.25) is 0 Å². The zero-order valence-corrected chi connectivity index (χ0v) is 28.7. The molecule has 1 aromatic heterocycles. The molecule has 0 fully saturated rings. The van der Waals surface area contributed by atoms with Crippen molar-refractivity contribution in [3.8, 4) is 78.4 Å². The number of aromatic nitrogens is 2. The summed E-state index contributed by atoms with van der Waals surface area (Å²) in [6, 6.07) is 64.8. The fraction of sp³-hybridized carbons (Fsp3) is 0.0612. The molecule has 242 valence electrons. The molecule has 9 rings (SSSR count). The minimum Gasteiger partial charge on any atom is -0.228 e. The number of hydrogen-bond acceptors (Lipinski definition) is 2. The second-order valence-corrected chi connectivity index (χ2v) is 13.9. The van der Waals surface area contributed by atoms with Gasteiger partial charge in [-0.3, -0.25) is 0 Å². The van der Waals surface area contributed by atoms with Crippen LogP contribution in [0.15, 0.2) is 182 Å². The molecule has 0 aliphatic heterocycles. The van der Waals surface area contributed by atoms with Crippen LogP contribution in [0.3, 0.4) is 0 Å². The Hall–Kier alpha value is -6.38. The lowest BCUT2D eigenvalue weighted by Crippen LogP contribution is -2.14. The zero-order chi connectivity index (χ0) is 34.4. The summed E-state index contributed by atoms with van der Waals surface area (Å²) >= 11 is 0. The van der Waals surface area contributed by atoms with Gasteiger partial charge in [-0.2, -0.15) is 0 Å². The van der Waals surface area contributed by atoms with Gasteiger partial charge in [0.05, 0.1) is 11.4 Å². The van der Waals surface area contributed by atoms with Crippen LogP contribution >= 0.6 is 0 Å². The van der Waals surface area contributed by atoms with Crippen LogP contribution in [-0.4, -0.2) is 9.97 Å². The Labute approximate surface area is 299 Å². The van der Waals surface area contributed by atoms with Gasteiger partial charge in [-0.05, 0) is 67.8 Å². The van der Waals surface area contributed by atoms with Crippen LogP contribution in [-0.2, 0) is 5.41 Å². The van der Waals surface area contributed by atoms with Crippen molar-refractivity contribution in [3.05, 3.63) is 193 Å². The summed E-state index contributed by atoms with van der Waals surface area (Å²) in [6.07, 6.45) is 0. The third-order valence-corrected chi connectivity index (χ3v) is 10.4. The van der Waals surface area contributed by atoms with E-state index in [0.29, 0.717) is 5.82 Å². The summed E-state index contributed by atoms with van der Waals surface area (Å²) in [7, 11) is 0. The first-order valence-corrected chi connectivity index (χ1v) is 17.6. The molecule has 0 unspecified atom stereocenters. The maximum Gasteiger partial charge on any atom is 0.160 e. The van der Waals surface area contributed by atoms with Crippen LogP contribution in [0, 0.1) is 0 Å². The van der Waals surface area contributed by atoms with Crippen molar-refractivity contribution in [2.75, 3.05) is 0 Å². The Morgan fingerprint density at radius 2 is 0.706 bits per heavy atom. The number of benzene rings is 7. The van der Waals surface area contributed by atoms with E-state index in [9.17, 15) is 0 Å². The molecule has 1 aliphatic carbocycles. The minimum atomic E-state index is -0.0110. The van der Waals surface area contributed by atoms with Crippen LogP contribution in [0.25, 0.3) is 78.4 Å². The summed E-state index contributed by atoms with van der Waals surface area (Å²) in [4.78, 5) is 10.1. The average Bonchev–Trinajstić information content (AvgIpc) is 3.44. The molecule has 0 amide bonds. The number of fused-ring (bicyclic) bond motifs is 3. The Morgan fingerprint density at radius 1 is 0.314 bits per heavy atom. The van der Waals surface area contributed by atoms with E-state index in [1.165, 1.54) is 55.6 Å². The van der Waals surface area contributed by atoms with Gasteiger partial charge in [0.1, 0.15) is 0 Å². The van der Waals surface area contributed by atoms with Crippen molar-refractivity contribution >= 4 is 0 Å². The van der Waals surface area contributed by atoms with Crippen LogP contribution < -0.4 is 0 Å². The van der Waals surface area contributed by atoms with Gasteiger partial charge < -0.3 is 0 Å². The van der Waals surface area contributed by atoms with E-state index in [0.717, 1.165) is 28.1 Å². The molecular weight excluding hydrogens is 617 g/mol. The average molecular weight is 653 g/mol. The monoisotopic (exact) mass is 652 g/mol. The Kier molecular flexibility index (Phi) is 7.51. The lowest BCUT2D eigenvalue weighted by molar-refractivity contribution is 0.660. The maximum atomic E-state index is 5.05. The van der Waals surface area contributed by atoms with E-state index in [4.69, 9.17) is 9.97 Å². The summed E-state index contributed by atoms with van der Waals surface area (Å²) in [5.41, 5.74) is 17.6. The number of rotatable bonds is 6. The van der Waals surface area contributed by atoms with Gasteiger partial charge in [0, 0.05) is 22.1 Å².